The Hall–Kier alpha value is -3.43. The summed E-state index contributed by atoms with van der Waals surface area (Å²) in [5.41, 5.74) is 1.91. The van der Waals surface area contributed by atoms with E-state index in [1.165, 1.54) is 12.4 Å². The first-order chi connectivity index (χ1) is 14.2. The maximum Gasteiger partial charge on any atom is 0.416 e. The van der Waals surface area contributed by atoms with Gasteiger partial charge in [0, 0.05) is 25.4 Å². The molecule has 1 aliphatic heterocycles. The van der Waals surface area contributed by atoms with E-state index in [0.717, 1.165) is 17.7 Å². The lowest BCUT2D eigenvalue weighted by molar-refractivity contribution is -0.137. The van der Waals surface area contributed by atoms with Gasteiger partial charge in [0.1, 0.15) is 11.5 Å². The number of fused-ring (bicyclic) bond motifs is 1. The van der Waals surface area contributed by atoms with E-state index < -0.39 is 17.6 Å². The van der Waals surface area contributed by atoms with Crippen molar-refractivity contribution in [3.63, 3.8) is 0 Å². The van der Waals surface area contributed by atoms with E-state index in [4.69, 9.17) is 0 Å². The van der Waals surface area contributed by atoms with E-state index >= 15 is 0 Å². The number of carbonyl (C=O) groups is 1. The fraction of sp³-hybridized carbons (Fsp3) is 0.238. The summed E-state index contributed by atoms with van der Waals surface area (Å²) in [5.74, 6) is -1.06. The number of aromatic nitrogens is 3. The quantitative estimate of drug-likeness (QED) is 0.581. The summed E-state index contributed by atoms with van der Waals surface area (Å²) in [4.78, 5) is 18.4. The van der Waals surface area contributed by atoms with Crippen LogP contribution in [0.2, 0.25) is 0 Å². The Morgan fingerprint density at radius 3 is 2.65 bits per heavy atom. The largest absolute Gasteiger partial charge is 0.416 e. The standard InChI is InChI=1S/C21H16F4N4O.FH/c1-29-5-3-16-17(20(29)30)2-4-26-19(16)18-9-13(11-27-28-18)6-12-7-14(21(23,24)25)10-15(22)8-12;/h2,4,7-11H,3,5-6H2,1H3;1H. The van der Waals surface area contributed by atoms with Crippen LogP contribution in [0.4, 0.5) is 22.3 Å². The third kappa shape index (κ3) is 4.52. The van der Waals surface area contributed by atoms with Crippen LogP contribution in [0.5, 0.6) is 0 Å². The molecular weight excluding hydrogens is 419 g/mol. The number of hydrogen-bond donors (Lipinski definition) is 0. The van der Waals surface area contributed by atoms with Gasteiger partial charge in [-0.15, -0.1) is 5.10 Å². The summed E-state index contributed by atoms with van der Waals surface area (Å²) in [6, 6.07) is 5.75. The van der Waals surface area contributed by atoms with Crippen LogP contribution in [0.3, 0.4) is 0 Å². The maximum absolute atomic E-state index is 13.7. The Morgan fingerprint density at radius 2 is 1.90 bits per heavy atom. The Balaban J connectivity index is 0.00000272. The van der Waals surface area contributed by atoms with Gasteiger partial charge in [0.05, 0.1) is 17.5 Å². The Morgan fingerprint density at radius 1 is 1.13 bits per heavy atom. The van der Waals surface area contributed by atoms with Gasteiger partial charge in [-0.25, -0.2) is 4.39 Å². The first-order valence-corrected chi connectivity index (χ1v) is 9.14. The summed E-state index contributed by atoms with van der Waals surface area (Å²) in [6.45, 7) is 0.543. The van der Waals surface area contributed by atoms with Crippen LogP contribution in [0, 0.1) is 5.82 Å². The van der Waals surface area contributed by atoms with Gasteiger partial charge in [-0.05, 0) is 59.9 Å². The van der Waals surface area contributed by atoms with Crippen molar-refractivity contribution >= 4 is 5.91 Å². The molecule has 4 rings (SSSR count). The van der Waals surface area contributed by atoms with Crippen LogP contribution in [0.1, 0.15) is 32.6 Å². The summed E-state index contributed by atoms with van der Waals surface area (Å²) < 4.78 is 52.6. The molecule has 0 atom stereocenters. The molecule has 1 aliphatic rings. The van der Waals surface area contributed by atoms with Crippen molar-refractivity contribution in [2.24, 2.45) is 0 Å². The minimum atomic E-state index is -4.63. The molecule has 5 nitrogen and oxygen atoms in total. The van der Waals surface area contributed by atoms with Gasteiger partial charge in [0.25, 0.3) is 5.91 Å². The molecule has 31 heavy (non-hydrogen) atoms. The highest BCUT2D eigenvalue weighted by atomic mass is 19.4. The average molecular weight is 436 g/mol. The first-order valence-electron chi connectivity index (χ1n) is 9.14. The number of benzene rings is 1. The maximum atomic E-state index is 13.7. The number of likely N-dealkylation sites (N-methyl/N-ethyl adjacent to an activating group) is 1. The molecule has 3 aromatic rings. The van der Waals surface area contributed by atoms with Gasteiger partial charge in [0.15, 0.2) is 0 Å². The molecule has 1 aromatic carbocycles. The van der Waals surface area contributed by atoms with Gasteiger partial charge >= 0.3 is 6.18 Å². The number of nitrogens with zero attached hydrogens (tertiary/aromatic N) is 4. The van der Waals surface area contributed by atoms with Gasteiger partial charge in [-0.2, -0.15) is 18.3 Å². The topological polar surface area (TPSA) is 59.0 Å². The van der Waals surface area contributed by atoms with Crippen molar-refractivity contribution in [2.45, 2.75) is 19.0 Å². The minimum Gasteiger partial charge on any atom is -0.341 e. The number of amides is 1. The van der Waals surface area contributed by atoms with Crippen molar-refractivity contribution in [1.82, 2.24) is 20.1 Å². The number of pyridine rings is 1. The van der Waals surface area contributed by atoms with E-state index in [9.17, 15) is 22.4 Å². The molecule has 3 heterocycles. The number of alkyl halides is 3. The van der Waals surface area contributed by atoms with Crippen LogP contribution in [-0.4, -0.2) is 39.6 Å². The second-order valence-corrected chi connectivity index (χ2v) is 7.13. The molecule has 0 N–H and O–H groups in total. The van der Waals surface area contributed by atoms with Crippen LogP contribution in [-0.2, 0) is 19.0 Å². The normalized spacial score (nSPS) is 13.6. The predicted molar refractivity (Wildman–Crippen MR) is 103 cm³/mol. The molecular formula is C21H17F5N4O. The van der Waals surface area contributed by atoms with E-state index in [2.05, 4.69) is 15.2 Å². The van der Waals surface area contributed by atoms with Crippen LogP contribution >= 0.6 is 0 Å². The molecule has 0 bridgehead atoms. The lowest BCUT2D eigenvalue weighted by Crippen LogP contribution is -2.34. The van der Waals surface area contributed by atoms with E-state index in [0.29, 0.717) is 41.5 Å². The zero-order valence-corrected chi connectivity index (χ0v) is 16.3. The van der Waals surface area contributed by atoms with Crippen LogP contribution in [0.15, 0.2) is 42.7 Å². The number of carbonyl (C=O) groups excluding carboxylic acids is 1. The lowest BCUT2D eigenvalue weighted by Gasteiger charge is -2.25. The zero-order chi connectivity index (χ0) is 21.5. The minimum absolute atomic E-state index is 0. The van der Waals surface area contributed by atoms with Gasteiger partial charge in [0.2, 0.25) is 0 Å². The highest BCUT2D eigenvalue weighted by molar-refractivity contribution is 5.98. The molecule has 0 saturated heterocycles. The second-order valence-electron chi connectivity index (χ2n) is 7.13. The Labute approximate surface area is 174 Å². The number of rotatable bonds is 3. The van der Waals surface area contributed by atoms with Crippen molar-refractivity contribution in [3.05, 3.63) is 76.4 Å². The summed E-state index contributed by atoms with van der Waals surface area (Å²) in [5, 5.41) is 8.02. The molecule has 1 amide bonds. The van der Waals surface area contributed by atoms with Gasteiger partial charge < -0.3 is 4.90 Å². The summed E-state index contributed by atoms with van der Waals surface area (Å²) >= 11 is 0. The SMILES string of the molecule is CN1CCc2c(ccnc2-c2cc(Cc3cc(F)cc(C(F)(F)F)c3)cnn2)C1=O.F. The zero-order valence-electron chi connectivity index (χ0n) is 16.3. The van der Waals surface area contributed by atoms with Crippen LogP contribution in [0.25, 0.3) is 11.4 Å². The third-order valence-electron chi connectivity index (χ3n) is 4.98. The van der Waals surface area contributed by atoms with Crippen molar-refractivity contribution in [1.29, 1.82) is 0 Å². The molecule has 162 valence electrons. The van der Waals surface area contributed by atoms with E-state index in [-0.39, 0.29) is 22.6 Å². The summed E-state index contributed by atoms with van der Waals surface area (Å²) in [7, 11) is 1.72. The fourth-order valence-corrected chi connectivity index (χ4v) is 3.52. The molecule has 0 aliphatic carbocycles. The van der Waals surface area contributed by atoms with E-state index in [1.54, 1.807) is 24.1 Å². The van der Waals surface area contributed by atoms with Crippen molar-refractivity contribution in [2.75, 3.05) is 13.6 Å². The highest BCUT2D eigenvalue weighted by Gasteiger charge is 2.31. The molecule has 0 spiro atoms. The Bertz CT molecular complexity index is 1130. The molecule has 0 unspecified atom stereocenters. The van der Waals surface area contributed by atoms with Gasteiger partial charge in [-0.3, -0.25) is 14.5 Å². The molecule has 10 heteroatoms. The Kier molecular flexibility index (Phi) is 6.01. The summed E-state index contributed by atoms with van der Waals surface area (Å²) in [6.07, 6.45) is -1.06. The fourth-order valence-electron chi connectivity index (χ4n) is 3.52. The van der Waals surface area contributed by atoms with Gasteiger partial charge in [-0.1, -0.05) is 0 Å². The molecule has 2 aromatic heterocycles. The average Bonchev–Trinajstić information content (AvgIpc) is 2.69. The molecule has 0 fully saturated rings. The lowest BCUT2D eigenvalue weighted by atomic mass is 9.96. The van der Waals surface area contributed by atoms with E-state index in [1.807, 2.05) is 0 Å². The van der Waals surface area contributed by atoms with Crippen LogP contribution < -0.4 is 0 Å². The number of hydrogen-bond acceptors (Lipinski definition) is 4. The molecule has 0 saturated carbocycles. The predicted octanol–water partition coefficient (Wildman–Crippen LogP) is 4.07. The first kappa shape index (κ1) is 22.3. The van der Waals surface area contributed by atoms with Crippen molar-refractivity contribution in [3.8, 4) is 11.4 Å². The number of halogens is 5. The highest BCUT2D eigenvalue weighted by Crippen LogP contribution is 2.31. The monoisotopic (exact) mass is 436 g/mol. The second kappa shape index (κ2) is 8.37. The smallest absolute Gasteiger partial charge is 0.341 e. The third-order valence-corrected chi connectivity index (χ3v) is 4.98. The van der Waals surface area contributed by atoms with Crippen molar-refractivity contribution < 1.29 is 27.1 Å². The molecule has 0 radical (unpaired) electrons.